The molecule has 0 bridgehead atoms. The van der Waals surface area contributed by atoms with Crippen molar-refractivity contribution < 1.29 is 4.42 Å². The third kappa shape index (κ3) is 6.59. The maximum Gasteiger partial charge on any atom is 0.143 e. The highest BCUT2D eigenvalue weighted by molar-refractivity contribution is 6.09. The maximum absolute atomic E-state index is 6.38. The fourth-order valence-electron chi connectivity index (χ4n) is 7.42. The third-order valence-corrected chi connectivity index (χ3v) is 10.2. The molecule has 262 valence electrons. The Morgan fingerprint density at radius 3 is 1.50 bits per heavy atom. The summed E-state index contributed by atoms with van der Waals surface area (Å²) in [4.78, 5) is 2.33. The minimum absolute atomic E-state index is 0.909. The first kappa shape index (κ1) is 34.4. The molecule has 9 aromatic rings. The second kappa shape index (κ2) is 15.1. The number of para-hydroxylation sites is 2. The van der Waals surface area contributed by atoms with E-state index in [0.29, 0.717) is 0 Å². The van der Waals surface area contributed by atoms with E-state index in [-0.39, 0.29) is 0 Å². The summed E-state index contributed by atoms with van der Waals surface area (Å²) in [5, 5.41) is 2.28. The zero-order valence-electron chi connectivity index (χ0n) is 31.3. The molecule has 0 aliphatic rings. The molecule has 1 heterocycles. The van der Waals surface area contributed by atoms with Crippen LogP contribution in [0.25, 0.3) is 66.4 Å². The predicted molar refractivity (Wildman–Crippen MR) is 231 cm³/mol. The average Bonchev–Trinajstić information content (AvgIpc) is 3.63. The van der Waals surface area contributed by atoms with Crippen molar-refractivity contribution in [3.63, 3.8) is 0 Å². The number of hydrogen-bond donors (Lipinski definition) is 0. The minimum atomic E-state index is 0.909. The van der Waals surface area contributed by atoms with Gasteiger partial charge in [-0.25, -0.2) is 0 Å². The fraction of sp³-hybridized carbons (Fsp3) is 0.0769. The molecular formula is C52H43NO. The van der Waals surface area contributed by atoms with Crippen LogP contribution in [0.5, 0.6) is 0 Å². The molecule has 54 heavy (non-hydrogen) atoms. The quantitative estimate of drug-likeness (QED) is 0.165. The lowest BCUT2D eigenvalue weighted by Gasteiger charge is -2.26. The Hall–Kier alpha value is -6.64. The number of hydrogen-bond acceptors (Lipinski definition) is 2. The maximum atomic E-state index is 6.38. The molecule has 2 nitrogen and oxygen atoms in total. The highest BCUT2D eigenvalue weighted by Crippen LogP contribution is 2.40. The van der Waals surface area contributed by atoms with Gasteiger partial charge in [0.1, 0.15) is 11.2 Å². The normalized spacial score (nSPS) is 11.0. The molecule has 1 aromatic heterocycles. The summed E-state index contributed by atoms with van der Waals surface area (Å²) < 4.78 is 6.38. The number of fused-ring (bicyclic) bond motifs is 3. The van der Waals surface area contributed by atoms with Crippen molar-refractivity contribution in [1.29, 1.82) is 0 Å². The largest absolute Gasteiger partial charge is 0.455 e. The lowest BCUT2D eigenvalue weighted by Crippen LogP contribution is -2.09. The van der Waals surface area contributed by atoms with Crippen molar-refractivity contribution in [2.45, 2.75) is 27.7 Å². The van der Waals surface area contributed by atoms with Crippen LogP contribution in [-0.2, 0) is 0 Å². The van der Waals surface area contributed by atoms with Crippen LogP contribution in [0.1, 0.15) is 25.0 Å². The van der Waals surface area contributed by atoms with Gasteiger partial charge in [0.05, 0.1) is 0 Å². The number of anilines is 3. The molecule has 0 N–H and O–H groups in total. The molecule has 9 rings (SSSR count). The molecule has 0 aliphatic heterocycles. The first-order valence-corrected chi connectivity index (χ1v) is 18.8. The number of benzene rings is 8. The Morgan fingerprint density at radius 1 is 0.352 bits per heavy atom. The second-order valence-corrected chi connectivity index (χ2v) is 13.5. The van der Waals surface area contributed by atoms with Gasteiger partial charge in [0, 0.05) is 33.4 Å². The third-order valence-electron chi connectivity index (χ3n) is 10.2. The van der Waals surface area contributed by atoms with Crippen molar-refractivity contribution in [3.05, 3.63) is 199 Å². The molecule has 0 radical (unpaired) electrons. The molecular weight excluding hydrogens is 655 g/mol. The first-order valence-electron chi connectivity index (χ1n) is 18.8. The predicted octanol–water partition coefficient (Wildman–Crippen LogP) is 15.4. The highest BCUT2D eigenvalue weighted by atomic mass is 16.3. The number of rotatable bonds is 7. The second-order valence-electron chi connectivity index (χ2n) is 13.5. The van der Waals surface area contributed by atoms with Gasteiger partial charge in [-0.15, -0.1) is 0 Å². The number of furan rings is 1. The van der Waals surface area contributed by atoms with Crippen LogP contribution in [0.3, 0.4) is 0 Å². The molecule has 0 amide bonds. The lowest BCUT2D eigenvalue weighted by molar-refractivity contribution is 0.670. The summed E-state index contributed by atoms with van der Waals surface area (Å²) in [6, 6.07) is 67.3. The van der Waals surface area contributed by atoms with Crippen LogP contribution >= 0.6 is 0 Å². The summed E-state index contributed by atoms with van der Waals surface area (Å²) in [5.41, 5.74) is 17.2. The van der Waals surface area contributed by atoms with E-state index in [1.165, 1.54) is 44.5 Å². The van der Waals surface area contributed by atoms with Crippen LogP contribution in [0.15, 0.2) is 192 Å². The van der Waals surface area contributed by atoms with Crippen LogP contribution in [-0.4, -0.2) is 0 Å². The van der Waals surface area contributed by atoms with Crippen molar-refractivity contribution in [1.82, 2.24) is 0 Å². The van der Waals surface area contributed by atoms with Gasteiger partial charge in [-0.2, -0.15) is 0 Å². The van der Waals surface area contributed by atoms with Gasteiger partial charge in [0.25, 0.3) is 0 Å². The van der Waals surface area contributed by atoms with Crippen molar-refractivity contribution in [2.24, 2.45) is 0 Å². The molecule has 0 atom stereocenters. The molecule has 0 aliphatic carbocycles. The Labute approximate surface area is 318 Å². The number of aryl methyl sites for hydroxylation is 2. The van der Waals surface area contributed by atoms with E-state index in [1.54, 1.807) is 0 Å². The Bertz CT molecular complexity index is 2670. The van der Waals surface area contributed by atoms with Crippen LogP contribution in [0, 0.1) is 13.8 Å². The van der Waals surface area contributed by atoms with Gasteiger partial charge in [-0.3, -0.25) is 0 Å². The van der Waals surface area contributed by atoms with E-state index >= 15 is 0 Å². The Kier molecular flexibility index (Phi) is 9.66. The topological polar surface area (TPSA) is 16.4 Å². The van der Waals surface area contributed by atoms with E-state index in [1.807, 2.05) is 26.0 Å². The van der Waals surface area contributed by atoms with Crippen molar-refractivity contribution >= 4 is 39.0 Å². The monoisotopic (exact) mass is 697 g/mol. The van der Waals surface area contributed by atoms with E-state index in [0.717, 1.165) is 50.1 Å². The summed E-state index contributed by atoms with van der Waals surface area (Å²) in [5.74, 6) is 0. The Balaban J connectivity index is 0.00000203. The van der Waals surface area contributed by atoms with Gasteiger partial charge >= 0.3 is 0 Å². The Morgan fingerprint density at radius 2 is 0.833 bits per heavy atom. The summed E-state index contributed by atoms with van der Waals surface area (Å²) in [7, 11) is 0. The van der Waals surface area contributed by atoms with Gasteiger partial charge in [0.2, 0.25) is 0 Å². The zero-order chi connectivity index (χ0) is 37.0. The first-order chi connectivity index (χ1) is 26.6. The standard InChI is InChI=1S/C50H37NO.C2H6/c1-34-11-6-7-14-44(34)48-33-40(20-19-35(48)2)38-23-29-42(30-24-38)51(41-27-21-37(22-28-41)36-12-4-3-5-13-36)43-31-25-39(26-32-43)45-16-10-17-47-46-15-8-9-18-49(46)52-50(45)47;1-2/h3-33H,1-2H3;1-2H3. The molecule has 0 unspecified atom stereocenters. The molecule has 0 saturated heterocycles. The molecule has 0 saturated carbocycles. The van der Waals surface area contributed by atoms with E-state index in [4.69, 9.17) is 4.42 Å². The van der Waals surface area contributed by atoms with Gasteiger partial charge in [0.15, 0.2) is 0 Å². The van der Waals surface area contributed by atoms with Crippen molar-refractivity contribution in [3.8, 4) is 44.5 Å². The lowest BCUT2D eigenvalue weighted by atomic mass is 9.93. The summed E-state index contributed by atoms with van der Waals surface area (Å²) in [6.45, 7) is 8.38. The minimum Gasteiger partial charge on any atom is -0.455 e. The van der Waals surface area contributed by atoms with E-state index in [9.17, 15) is 0 Å². The van der Waals surface area contributed by atoms with Gasteiger partial charge in [-0.1, -0.05) is 153 Å². The molecule has 0 spiro atoms. The molecule has 8 aromatic carbocycles. The summed E-state index contributed by atoms with van der Waals surface area (Å²) in [6.07, 6.45) is 0. The van der Waals surface area contributed by atoms with Crippen LogP contribution < -0.4 is 4.90 Å². The SMILES string of the molecule is CC.Cc1ccccc1-c1cc(-c2ccc(N(c3ccc(-c4ccccc4)cc3)c3ccc(-c4cccc5c4oc4ccccc45)cc3)cc2)ccc1C. The van der Waals surface area contributed by atoms with Crippen LogP contribution in [0.2, 0.25) is 0 Å². The fourth-order valence-corrected chi connectivity index (χ4v) is 7.42. The average molecular weight is 698 g/mol. The smallest absolute Gasteiger partial charge is 0.143 e. The summed E-state index contributed by atoms with van der Waals surface area (Å²) >= 11 is 0. The highest BCUT2D eigenvalue weighted by Gasteiger charge is 2.16. The van der Waals surface area contributed by atoms with Gasteiger partial charge < -0.3 is 9.32 Å². The van der Waals surface area contributed by atoms with Crippen molar-refractivity contribution in [2.75, 3.05) is 4.90 Å². The van der Waals surface area contributed by atoms with E-state index in [2.05, 4.69) is 195 Å². The van der Waals surface area contributed by atoms with E-state index < -0.39 is 0 Å². The number of nitrogens with zero attached hydrogens (tertiary/aromatic N) is 1. The van der Waals surface area contributed by atoms with Crippen LogP contribution in [0.4, 0.5) is 17.1 Å². The van der Waals surface area contributed by atoms with Gasteiger partial charge in [-0.05, 0) is 112 Å². The zero-order valence-corrected chi connectivity index (χ0v) is 31.3. The molecule has 2 heteroatoms. The molecule has 0 fully saturated rings.